The summed E-state index contributed by atoms with van der Waals surface area (Å²) in [6.45, 7) is 5.76. The molecule has 1 unspecified atom stereocenters. The quantitative estimate of drug-likeness (QED) is 0.244. The van der Waals surface area contributed by atoms with Gasteiger partial charge in [-0.2, -0.15) is 18.2 Å². The highest BCUT2D eigenvalue weighted by Crippen LogP contribution is 2.39. The van der Waals surface area contributed by atoms with Crippen LogP contribution >= 0.6 is 0 Å². The van der Waals surface area contributed by atoms with Gasteiger partial charge in [-0.15, -0.1) is 4.99 Å². The van der Waals surface area contributed by atoms with Crippen LogP contribution in [0.25, 0.3) is 11.4 Å². The molecule has 220 valence electrons. The number of nitrogens with zero attached hydrogens (tertiary/aromatic N) is 4. The van der Waals surface area contributed by atoms with Crippen LogP contribution in [0, 0.1) is 0 Å². The Bertz CT molecular complexity index is 1210. The number of halogens is 3. The van der Waals surface area contributed by atoms with E-state index in [0.29, 0.717) is 38.8 Å². The minimum atomic E-state index is -4.69. The Morgan fingerprint density at radius 2 is 1.95 bits per heavy atom. The second-order valence-electron chi connectivity index (χ2n) is 9.91. The van der Waals surface area contributed by atoms with Crippen molar-refractivity contribution in [3.8, 4) is 17.1 Å². The van der Waals surface area contributed by atoms with Crippen LogP contribution in [0.3, 0.4) is 0 Å². The van der Waals surface area contributed by atoms with E-state index in [4.69, 9.17) is 18.7 Å². The molecule has 0 spiro atoms. The number of amides is 2. The molecule has 3 rings (SSSR count). The smallest absolute Gasteiger partial charge is 0.437 e. The van der Waals surface area contributed by atoms with Crippen molar-refractivity contribution in [3.05, 3.63) is 29.7 Å². The van der Waals surface area contributed by atoms with Crippen molar-refractivity contribution in [2.24, 2.45) is 4.99 Å². The lowest BCUT2D eigenvalue weighted by Crippen LogP contribution is -2.44. The van der Waals surface area contributed by atoms with Gasteiger partial charge >= 0.3 is 18.4 Å². The van der Waals surface area contributed by atoms with E-state index < -0.39 is 35.6 Å². The summed E-state index contributed by atoms with van der Waals surface area (Å²) in [7, 11) is 1.54. The molecule has 0 radical (unpaired) electrons. The number of guanidine groups is 1. The number of rotatable bonds is 8. The molecule has 0 bridgehead atoms. The number of carboxylic acid groups (broad SMARTS) is 1. The minimum absolute atomic E-state index is 0.0172. The van der Waals surface area contributed by atoms with E-state index >= 15 is 0 Å². The van der Waals surface area contributed by atoms with Crippen molar-refractivity contribution in [2.45, 2.75) is 64.3 Å². The third-order valence-corrected chi connectivity index (χ3v) is 5.60. The van der Waals surface area contributed by atoms with Gasteiger partial charge in [0.05, 0.1) is 12.2 Å². The van der Waals surface area contributed by atoms with E-state index in [9.17, 15) is 27.9 Å². The first-order valence-corrected chi connectivity index (χ1v) is 12.5. The third kappa shape index (κ3) is 8.56. The molecule has 12 nitrogen and oxygen atoms in total. The molecule has 0 aliphatic carbocycles. The summed E-state index contributed by atoms with van der Waals surface area (Å²) >= 11 is 0. The van der Waals surface area contributed by atoms with Crippen molar-refractivity contribution in [2.75, 3.05) is 26.9 Å². The van der Waals surface area contributed by atoms with Crippen molar-refractivity contribution < 1.29 is 46.6 Å². The van der Waals surface area contributed by atoms with Crippen molar-refractivity contribution in [1.29, 1.82) is 0 Å². The molecule has 1 aliphatic heterocycles. The Hall–Kier alpha value is -3.88. The molecule has 2 N–H and O–H groups in total. The number of methoxy groups -OCH3 is 1. The summed E-state index contributed by atoms with van der Waals surface area (Å²) in [6.07, 6.45) is -5.00. The highest BCUT2D eigenvalue weighted by Gasteiger charge is 2.37. The monoisotopic (exact) mass is 571 g/mol. The van der Waals surface area contributed by atoms with E-state index in [0.717, 1.165) is 6.07 Å². The second kappa shape index (κ2) is 13.0. The fourth-order valence-corrected chi connectivity index (χ4v) is 3.94. The number of carbonyl (C=O) groups is 2. The number of carbonyl (C=O) groups excluding carboxylic acids is 1. The Labute approximate surface area is 228 Å². The standard InChI is InChI=1S/C25H32F3N5O7/c1-24(2,3)39-23(36)31-21(30-22(34)35)33-11-7-8-17(33)20-29-19(32-40-20)15-9-10-18(16(14-15)25(26,27)28)38-13-6-5-12-37-4/h9-10,14,17H,5-8,11-13H2,1-4H3,(H,34,35)(H,30,31,36). The van der Waals surface area contributed by atoms with E-state index in [1.165, 1.54) is 17.0 Å². The molecule has 0 saturated carbocycles. The van der Waals surface area contributed by atoms with Crippen molar-refractivity contribution in [1.82, 2.24) is 20.4 Å². The number of unbranched alkanes of at least 4 members (excludes halogenated alkanes) is 1. The Morgan fingerprint density at radius 3 is 2.60 bits per heavy atom. The number of benzene rings is 1. The van der Waals surface area contributed by atoms with Crippen molar-refractivity contribution >= 4 is 18.1 Å². The molecule has 1 atom stereocenters. The highest BCUT2D eigenvalue weighted by molar-refractivity contribution is 5.98. The summed E-state index contributed by atoms with van der Waals surface area (Å²) in [6, 6.07) is 2.79. The first kappa shape index (κ1) is 30.7. The van der Waals surface area contributed by atoms with E-state index in [2.05, 4.69) is 20.4 Å². The van der Waals surface area contributed by atoms with Gasteiger partial charge in [-0.3, -0.25) is 5.32 Å². The number of ether oxygens (including phenoxy) is 3. The van der Waals surface area contributed by atoms with E-state index in [-0.39, 0.29) is 35.6 Å². The van der Waals surface area contributed by atoms with Gasteiger partial charge < -0.3 is 28.7 Å². The summed E-state index contributed by atoms with van der Waals surface area (Å²) in [5.41, 5.74) is -1.80. The molecular weight excluding hydrogens is 539 g/mol. The van der Waals surface area contributed by atoms with Gasteiger partial charge in [0.25, 0.3) is 0 Å². The maximum atomic E-state index is 13.8. The summed E-state index contributed by atoms with van der Waals surface area (Å²) in [4.78, 5) is 33.1. The Balaban J connectivity index is 1.84. The van der Waals surface area contributed by atoms with Crippen LogP contribution in [0.1, 0.15) is 64.0 Å². The summed E-state index contributed by atoms with van der Waals surface area (Å²) in [5.74, 6) is -0.697. The molecule has 2 amide bonds. The van der Waals surface area contributed by atoms with Crippen molar-refractivity contribution in [3.63, 3.8) is 0 Å². The molecular formula is C25H32F3N5O7. The fraction of sp³-hybridized carbons (Fsp3) is 0.560. The number of aliphatic imine (C=N–C) groups is 1. The maximum absolute atomic E-state index is 13.8. The number of likely N-dealkylation sites (tertiary alicyclic amines) is 1. The van der Waals surface area contributed by atoms with Gasteiger partial charge in [-0.1, -0.05) is 5.16 Å². The molecule has 1 aromatic heterocycles. The average Bonchev–Trinajstić information content (AvgIpc) is 3.51. The number of aromatic nitrogens is 2. The molecule has 2 aromatic rings. The zero-order chi connectivity index (χ0) is 29.5. The molecule has 15 heteroatoms. The zero-order valence-corrected chi connectivity index (χ0v) is 22.6. The van der Waals surface area contributed by atoms with E-state index in [1.807, 2.05) is 0 Å². The molecule has 2 heterocycles. The lowest BCUT2D eigenvalue weighted by Gasteiger charge is -2.25. The first-order valence-electron chi connectivity index (χ1n) is 12.5. The van der Waals surface area contributed by atoms with Gasteiger partial charge in [0.15, 0.2) is 0 Å². The SMILES string of the molecule is COCCCCOc1ccc(-c2noc(C3CCCN3C(=NC(=O)OC(C)(C)C)NC(=O)O)n2)cc1C(F)(F)F. The van der Waals surface area contributed by atoms with Gasteiger partial charge in [-0.25, -0.2) is 9.59 Å². The number of alkyl halides is 3. The van der Waals surface area contributed by atoms with Crippen LogP contribution < -0.4 is 10.1 Å². The first-order chi connectivity index (χ1) is 18.8. The third-order valence-electron chi connectivity index (χ3n) is 5.60. The normalized spacial score (nSPS) is 16.2. The van der Waals surface area contributed by atoms with Crippen LogP contribution in [0.2, 0.25) is 0 Å². The van der Waals surface area contributed by atoms with E-state index in [1.54, 1.807) is 27.9 Å². The topological polar surface area (TPSA) is 149 Å². The maximum Gasteiger partial charge on any atom is 0.437 e. The van der Waals surface area contributed by atoms with Gasteiger partial charge in [-0.05, 0) is 64.7 Å². The average molecular weight is 572 g/mol. The van der Waals surface area contributed by atoms with Gasteiger partial charge in [0.2, 0.25) is 17.7 Å². The predicted molar refractivity (Wildman–Crippen MR) is 135 cm³/mol. The molecule has 1 saturated heterocycles. The fourth-order valence-electron chi connectivity index (χ4n) is 3.94. The van der Waals surface area contributed by atoms with Crippen LogP contribution in [0.5, 0.6) is 5.75 Å². The second-order valence-corrected chi connectivity index (χ2v) is 9.91. The number of nitrogens with one attached hydrogen (secondary N) is 1. The molecule has 1 aromatic carbocycles. The Morgan fingerprint density at radius 1 is 1.23 bits per heavy atom. The minimum Gasteiger partial charge on any atom is -0.493 e. The molecule has 1 aliphatic rings. The summed E-state index contributed by atoms with van der Waals surface area (Å²) < 4.78 is 62.2. The van der Waals surface area contributed by atoms with Crippen LogP contribution in [-0.4, -0.2) is 70.8 Å². The molecule has 1 fully saturated rings. The lowest BCUT2D eigenvalue weighted by molar-refractivity contribution is -0.138. The zero-order valence-electron chi connectivity index (χ0n) is 22.6. The highest BCUT2D eigenvalue weighted by atomic mass is 19.4. The Kier molecular flexibility index (Phi) is 9.95. The van der Waals surface area contributed by atoms with Crippen LogP contribution in [0.15, 0.2) is 27.7 Å². The number of hydrogen-bond donors (Lipinski definition) is 2. The lowest BCUT2D eigenvalue weighted by atomic mass is 10.1. The predicted octanol–water partition coefficient (Wildman–Crippen LogP) is 5.26. The van der Waals surface area contributed by atoms with Crippen LogP contribution in [-0.2, 0) is 15.7 Å². The van der Waals surface area contributed by atoms with Crippen LogP contribution in [0.4, 0.5) is 22.8 Å². The van der Waals surface area contributed by atoms with Gasteiger partial charge in [0, 0.05) is 25.8 Å². The summed E-state index contributed by atoms with van der Waals surface area (Å²) in [5, 5.41) is 15.2. The molecule has 40 heavy (non-hydrogen) atoms. The largest absolute Gasteiger partial charge is 0.493 e. The van der Waals surface area contributed by atoms with Gasteiger partial charge in [0.1, 0.15) is 17.4 Å². The number of hydrogen-bond acceptors (Lipinski definition) is 8.